The largest absolute Gasteiger partial charge is 0.507 e. The number of amides is 1. The highest BCUT2D eigenvalue weighted by atomic mass is 16.4. The van der Waals surface area contributed by atoms with E-state index in [2.05, 4.69) is 10.6 Å². The van der Waals surface area contributed by atoms with Crippen LogP contribution in [0.5, 0.6) is 11.5 Å². The summed E-state index contributed by atoms with van der Waals surface area (Å²) in [5.74, 6) is -4.88. The molecule has 0 spiro atoms. The summed E-state index contributed by atoms with van der Waals surface area (Å²) in [6, 6.07) is 8.03. The first-order valence-electron chi connectivity index (χ1n) is 10.7. The number of phenolic OH excluding ortho intramolecular Hbond substituents is 2. The topological polar surface area (TPSA) is 173 Å². The van der Waals surface area contributed by atoms with Crippen molar-refractivity contribution < 1.29 is 39.6 Å². The van der Waals surface area contributed by atoms with Gasteiger partial charge < -0.3 is 31.1 Å². The summed E-state index contributed by atoms with van der Waals surface area (Å²) in [7, 11) is 1.71. The summed E-state index contributed by atoms with van der Waals surface area (Å²) < 4.78 is 0. The summed E-state index contributed by atoms with van der Waals surface area (Å²) in [5.41, 5.74) is 0.487. The summed E-state index contributed by atoms with van der Waals surface area (Å²) in [6.45, 7) is 4.34. The zero-order valence-corrected chi connectivity index (χ0v) is 19.9. The second-order valence-electron chi connectivity index (χ2n) is 8.08. The van der Waals surface area contributed by atoms with Gasteiger partial charge in [0.15, 0.2) is 5.78 Å². The molecule has 0 saturated heterocycles. The smallest absolute Gasteiger partial charge is 0.336 e. The fraction of sp³-hybridized carbons (Fsp3) is 0.154. The van der Waals surface area contributed by atoms with Gasteiger partial charge in [-0.15, -0.1) is 0 Å². The Kier molecular flexibility index (Phi) is 7.00. The fourth-order valence-electron chi connectivity index (χ4n) is 3.86. The van der Waals surface area contributed by atoms with Gasteiger partial charge >= 0.3 is 11.9 Å². The third-order valence-corrected chi connectivity index (χ3v) is 5.91. The van der Waals surface area contributed by atoms with Gasteiger partial charge in [0, 0.05) is 46.2 Å². The van der Waals surface area contributed by atoms with Gasteiger partial charge in [-0.1, -0.05) is 0 Å². The molecular weight excluding hydrogens is 468 g/mol. The highest BCUT2D eigenvalue weighted by Gasteiger charge is 2.25. The van der Waals surface area contributed by atoms with Crippen LogP contribution in [0.25, 0.3) is 11.1 Å². The minimum atomic E-state index is -1.55. The Hall–Kier alpha value is -4.86. The van der Waals surface area contributed by atoms with Crippen LogP contribution in [0.4, 0.5) is 11.4 Å². The van der Waals surface area contributed by atoms with E-state index in [-0.39, 0.29) is 28.3 Å². The van der Waals surface area contributed by atoms with E-state index in [0.717, 1.165) is 19.1 Å². The van der Waals surface area contributed by atoms with Crippen molar-refractivity contribution in [2.24, 2.45) is 0 Å². The van der Waals surface area contributed by atoms with Crippen molar-refractivity contribution in [2.75, 3.05) is 17.7 Å². The number of hydrogen-bond donors (Lipinski definition) is 6. The number of carboxylic acids is 2. The molecule has 0 unspecified atom stereocenters. The average Bonchev–Trinajstić information content (AvgIpc) is 2.83. The molecule has 6 N–H and O–H groups in total. The molecule has 0 aliphatic heterocycles. The Morgan fingerprint density at radius 1 is 0.694 bits per heavy atom. The molecule has 0 aliphatic carbocycles. The first kappa shape index (κ1) is 25.8. The van der Waals surface area contributed by atoms with E-state index in [1.165, 1.54) is 19.1 Å². The van der Waals surface area contributed by atoms with Gasteiger partial charge in [-0.3, -0.25) is 9.59 Å². The number of anilines is 2. The third-order valence-electron chi connectivity index (χ3n) is 5.91. The zero-order valence-electron chi connectivity index (χ0n) is 19.9. The molecule has 0 heterocycles. The lowest BCUT2D eigenvalue weighted by Gasteiger charge is -2.17. The SMILES string of the molecule is CNc1ccc(-c2ccc(NC(=O)c3cc(C(C)=O)c(C(=O)O)cc3C(=O)O)c(C)c2O)c(O)c1C. The Balaban J connectivity index is 2.06. The van der Waals surface area contributed by atoms with Crippen molar-refractivity contribution in [3.63, 3.8) is 0 Å². The lowest BCUT2D eigenvalue weighted by atomic mass is 9.95. The van der Waals surface area contributed by atoms with Crippen LogP contribution in [0.15, 0.2) is 36.4 Å². The maximum absolute atomic E-state index is 13.0. The van der Waals surface area contributed by atoms with Gasteiger partial charge in [0.1, 0.15) is 11.5 Å². The Labute approximate surface area is 205 Å². The lowest BCUT2D eigenvalue weighted by molar-refractivity contribution is 0.0690. The summed E-state index contributed by atoms with van der Waals surface area (Å²) in [4.78, 5) is 48.2. The van der Waals surface area contributed by atoms with Crippen molar-refractivity contribution in [3.05, 3.63) is 69.8 Å². The zero-order chi connectivity index (χ0) is 26.9. The molecule has 186 valence electrons. The number of nitrogens with one attached hydrogen (secondary N) is 2. The van der Waals surface area contributed by atoms with Crippen LogP contribution in [0.3, 0.4) is 0 Å². The third kappa shape index (κ3) is 4.56. The lowest BCUT2D eigenvalue weighted by Crippen LogP contribution is -2.20. The van der Waals surface area contributed by atoms with E-state index in [1.54, 1.807) is 26.1 Å². The maximum Gasteiger partial charge on any atom is 0.336 e. The van der Waals surface area contributed by atoms with Crippen molar-refractivity contribution in [1.82, 2.24) is 0 Å². The van der Waals surface area contributed by atoms with Gasteiger partial charge in [0.05, 0.1) is 16.7 Å². The number of phenols is 2. The second-order valence-corrected chi connectivity index (χ2v) is 8.08. The summed E-state index contributed by atoms with van der Waals surface area (Å²) >= 11 is 0. The van der Waals surface area contributed by atoms with Crippen LogP contribution in [0, 0.1) is 13.8 Å². The average molecular weight is 492 g/mol. The molecule has 0 atom stereocenters. The molecule has 10 heteroatoms. The fourth-order valence-corrected chi connectivity index (χ4v) is 3.86. The van der Waals surface area contributed by atoms with E-state index < -0.39 is 40.3 Å². The first-order valence-corrected chi connectivity index (χ1v) is 10.7. The predicted octanol–water partition coefficient (Wildman–Crippen LogP) is 4.27. The molecule has 0 aliphatic rings. The standard InChI is InChI=1S/C26H24N2O8/c1-11-20(27-4)7-5-14(22(11)30)15-6-8-21(12(2)23(15)31)28-24(32)17-9-16(13(3)29)18(25(33)34)10-19(17)26(35)36/h5-10,27,30-31H,1-4H3,(H,28,32)(H,33,34)(H,35,36). The normalized spacial score (nSPS) is 10.6. The highest BCUT2D eigenvalue weighted by molar-refractivity contribution is 6.15. The monoisotopic (exact) mass is 492 g/mol. The molecule has 0 saturated carbocycles. The number of hydrogen-bond acceptors (Lipinski definition) is 7. The van der Waals surface area contributed by atoms with Crippen molar-refractivity contribution in [3.8, 4) is 22.6 Å². The highest BCUT2D eigenvalue weighted by Crippen LogP contribution is 2.42. The van der Waals surface area contributed by atoms with Gasteiger partial charge in [0.2, 0.25) is 0 Å². The van der Waals surface area contributed by atoms with E-state index in [0.29, 0.717) is 22.4 Å². The molecule has 3 aromatic carbocycles. The van der Waals surface area contributed by atoms with Gasteiger partial charge in [-0.25, -0.2) is 9.59 Å². The van der Waals surface area contributed by atoms with Crippen molar-refractivity contribution in [2.45, 2.75) is 20.8 Å². The Morgan fingerprint density at radius 3 is 1.61 bits per heavy atom. The number of Topliss-reactive ketones (excluding diaryl/α,β-unsaturated/α-hetero) is 1. The minimum Gasteiger partial charge on any atom is -0.507 e. The van der Waals surface area contributed by atoms with Crippen LogP contribution < -0.4 is 10.6 Å². The van der Waals surface area contributed by atoms with Gasteiger partial charge in [0.25, 0.3) is 5.91 Å². The van der Waals surface area contributed by atoms with Crippen LogP contribution in [0.2, 0.25) is 0 Å². The minimum absolute atomic E-state index is 0.0327. The van der Waals surface area contributed by atoms with Crippen LogP contribution in [0.1, 0.15) is 59.5 Å². The van der Waals surface area contributed by atoms with Crippen LogP contribution in [-0.2, 0) is 0 Å². The van der Waals surface area contributed by atoms with Crippen molar-refractivity contribution >= 4 is 35.0 Å². The number of aromatic hydroxyl groups is 2. The Bertz CT molecular complexity index is 1440. The summed E-state index contributed by atoms with van der Waals surface area (Å²) in [5, 5.41) is 45.8. The molecule has 3 aromatic rings. The second kappa shape index (κ2) is 9.79. The number of rotatable bonds is 7. The molecule has 1 amide bonds. The number of carbonyl (C=O) groups is 4. The van der Waals surface area contributed by atoms with E-state index in [4.69, 9.17) is 0 Å². The molecule has 0 aromatic heterocycles. The molecule has 10 nitrogen and oxygen atoms in total. The van der Waals surface area contributed by atoms with Crippen LogP contribution >= 0.6 is 0 Å². The molecule has 36 heavy (non-hydrogen) atoms. The molecular formula is C26H24N2O8. The quantitative estimate of drug-likeness (QED) is 0.263. The molecule has 0 fully saturated rings. The van der Waals surface area contributed by atoms with E-state index in [1.807, 2.05) is 0 Å². The number of carbonyl (C=O) groups excluding carboxylic acids is 2. The van der Waals surface area contributed by atoms with Gasteiger partial charge in [-0.05, 0) is 57.2 Å². The number of carboxylic acid groups (broad SMARTS) is 2. The molecule has 0 bridgehead atoms. The number of benzene rings is 3. The van der Waals surface area contributed by atoms with Crippen molar-refractivity contribution in [1.29, 1.82) is 0 Å². The van der Waals surface area contributed by atoms with Gasteiger partial charge in [-0.2, -0.15) is 0 Å². The summed E-state index contributed by atoms with van der Waals surface area (Å²) in [6.07, 6.45) is 0. The van der Waals surface area contributed by atoms with E-state index >= 15 is 0 Å². The number of ketones is 1. The predicted molar refractivity (Wildman–Crippen MR) is 133 cm³/mol. The van der Waals surface area contributed by atoms with Crippen LogP contribution in [-0.4, -0.2) is 51.1 Å². The molecule has 0 radical (unpaired) electrons. The number of aromatic carboxylic acids is 2. The molecule has 3 rings (SSSR count). The Morgan fingerprint density at radius 2 is 1.14 bits per heavy atom. The first-order chi connectivity index (χ1) is 16.9. The maximum atomic E-state index is 13.0. The van der Waals surface area contributed by atoms with E-state index in [9.17, 15) is 39.6 Å².